The van der Waals surface area contributed by atoms with Crippen LogP contribution in [0.3, 0.4) is 0 Å². The number of alkyl halides is 3. The van der Waals surface area contributed by atoms with Crippen LogP contribution in [0.5, 0.6) is 0 Å². The van der Waals surface area contributed by atoms with Crippen LogP contribution in [0.2, 0.25) is 5.02 Å². The van der Waals surface area contributed by atoms with Gasteiger partial charge in [-0.25, -0.2) is 15.0 Å². The average Bonchev–Trinajstić information content (AvgIpc) is 2.63. The molecule has 1 N–H and O–H groups in total. The Morgan fingerprint density at radius 2 is 1.85 bits per heavy atom. The first-order valence-corrected chi connectivity index (χ1v) is 7.91. The number of aryl methyl sites for hydroxylation is 1. The summed E-state index contributed by atoms with van der Waals surface area (Å²) in [7, 11) is 0. The largest absolute Gasteiger partial charge is 0.417 e. The van der Waals surface area contributed by atoms with Crippen molar-refractivity contribution in [1.82, 2.24) is 19.9 Å². The summed E-state index contributed by atoms with van der Waals surface area (Å²) >= 11 is 5.80. The van der Waals surface area contributed by atoms with Crippen molar-refractivity contribution in [2.45, 2.75) is 13.1 Å². The lowest BCUT2D eigenvalue weighted by atomic mass is 10.2. The van der Waals surface area contributed by atoms with Crippen LogP contribution in [-0.2, 0) is 6.18 Å². The summed E-state index contributed by atoms with van der Waals surface area (Å²) in [5.41, 5.74) is 0.252. The zero-order valence-corrected chi connectivity index (χ0v) is 14.5. The van der Waals surface area contributed by atoms with Gasteiger partial charge in [0, 0.05) is 30.4 Å². The Morgan fingerprint density at radius 1 is 1.15 bits per heavy atom. The van der Waals surface area contributed by atoms with Crippen molar-refractivity contribution < 1.29 is 18.0 Å². The van der Waals surface area contributed by atoms with E-state index in [4.69, 9.17) is 11.6 Å². The third kappa shape index (κ3) is 4.20. The summed E-state index contributed by atoms with van der Waals surface area (Å²) in [6.07, 6.45) is 0.523. The van der Waals surface area contributed by atoms with Gasteiger partial charge in [0.2, 0.25) is 0 Å². The molecule has 1 amide bonds. The van der Waals surface area contributed by atoms with Gasteiger partial charge in [0.15, 0.2) is 11.6 Å². The molecule has 0 bridgehead atoms. The lowest BCUT2D eigenvalue weighted by molar-refractivity contribution is -0.137. The number of pyridine rings is 2. The van der Waals surface area contributed by atoms with E-state index in [0.717, 1.165) is 5.56 Å². The van der Waals surface area contributed by atoms with E-state index in [1.54, 1.807) is 31.5 Å². The van der Waals surface area contributed by atoms with E-state index < -0.39 is 17.6 Å². The van der Waals surface area contributed by atoms with Crippen molar-refractivity contribution in [2.75, 3.05) is 5.32 Å². The molecule has 0 saturated heterocycles. The van der Waals surface area contributed by atoms with Crippen LogP contribution in [0, 0.1) is 6.92 Å². The van der Waals surface area contributed by atoms with Crippen molar-refractivity contribution in [1.29, 1.82) is 0 Å². The Hall–Kier alpha value is -3.07. The Kier molecular flexibility index (Phi) is 5.04. The maximum Gasteiger partial charge on any atom is 0.417 e. The van der Waals surface area contributed by atoms with Gasteiger partial charge in [-0.1, -0.05) is 11.6 Å². The van der Waals surface area contributed by atoms with Gasteiger partial charge < -0.3 is 5.32 Å². The lowest BCUT2D eigenvalue weighted by Gasteiger charge is -2.11. The fraction of sp³-hybridized carbons (Fsp3) is 0.118. The molecule has 138 valence electrons. The maximum atomic E-state index is 12.7. The standard InChI is InChI=1S/C17H11ClF3N5O/c1-9-12(8-24-14(25-9)10-2-4-22-5-3-10)16(27)26-15-13(18)6-11(7-23-15)17(19,20)21/h2-8H,1H3,(H,23,26,27). The van der Waals surface area contributed by atoms with Crippen LogP contribution in [0.4, 0.5) is 19.0 Å². The number of carbonyl (C=O) groups is 1. The number of aromatic nitrogens is 4. The van der Waals surface area contributed by atoms with E-state index in [0.29, 0.717) is 23.8 Å². The predicted octanol–water partition coefficient (Wildman–Crippen LogP) is 4.17. The number of hydrogen-bond acceptors (Lipinski definition) is 5. The molecule has 0 aliphatic carbocycles. The summed E-state index contributed by atoms with van der Waals surface area (Å²) in [5.74, 6) is -0.410. The van der Waals surface area contributed by atoms with Crippen molar-refractivity contribution in [3.05, 3.63) is 64.8 Å². The van der Waals surface area contributed by atoms with E-state index in [1.807, 2.05) is 0 Å². The number of amides is 1. The molecule has 0 aliphatic heterocycles. The van der Waals surface area contributed by atoms with Crippen molar-refractivity contribution in [3.63, 3.8) is 0 Å². The Bertz CT molecular complexity index is 996. The number of nitrogens with one attached hydrogen (secondary N) is 1. The fourth-order valence-corrected chi connectivity index (χ4v) is 2.40. The normalized spacial score (nSPS) is 11.3. The third-order valence-corrected chi connectivity index (χ3v) is 3.85. The average molecular weight is 394 g/mol. The number of nitrogens with zero attached hydrogens (tertiary/aromatic N) is 4. The fourth-order valence-electron chi connectivity index (χ4n) is 2.19. The minimum Gasteiger partial charge on any atom is -0.305 e. The third-order valence-electron chi connectivity index (χ3n) is 3.56. The molecule has 0 fully saturated rings. The van der Waals surface area contributed by atoms with Gasteiger partial charge >= 0.3 is 6.18 Å². The molecule has 0 radical (unpaired) electrons. The number of halogens is 4. The summed E-state index contributed by atoms with van der Waals surface area (Å²) < 4.78 is 38.0. The zero-order chi connectivity index (χ0) is 19.6. The molecule has 3 aromatic heterocycles. The Balaban J connectivity index is 1.83. The second-order valence-electron chi connectivity index (χ2n) is 5.43. The van der Waals surface area contributed by atoms with Gasteiger partial charge in [0.25, 0.3) is 5.91 Å². The highest BCUT2D eigenvalue weighted by atomic mass is 35.5. The molecule has 0 saturated carbocycles. The maximum absolute atomic E-state index is 12.7. The highest BCUT2D eigenvalue weighted by molar-refractivity contribution is 6.33. The summed E-state index contributed by atoms with van der Waals surface area (Å²) in [4.78, 5) is 28.3. The molecule has 0 atom stereocenters. The quantitative estimate of drug-likeness (QED) is 0.722. The molecule has 27 heavy (non-hydrogen) atoms. The van der Waals surface area contributed by atoms with Gasteiger partial charge in [-0.3, -0.25) is 9.78 Å². The van der Waals surface area contributed by atoms with Crippen LogP contribution < -0.4 is 5.32 Å². The van der Waals surface area contributed by atoms with E-state index in [-0.39, 0.29) is 16.4 Å². The van der Waals surface area contributed by atoms with Crippen LogP contribution in [-0.4, -0.2) is 25.8 Å². The van der Waals surface area contributed by atoms with Gasteiger partial charge in [0.1, 0.15) is 0 Å². The minimum absolute atomic E-state index is 0.144. The Morgan fingerprint density at radius 3 is 2.44 bits per heavy atom. The second kappa shape index (κ2) is 7.28. The molecule has 0 unspecified atom stereocenters. The monoisotopic (exact) mass is 393 g/mol. The molecule has 0 aliphatic rings. The minimum atomic E-state index is -4.58. The summed E-state index contributed by atoms with van der Waals surface area (Å²) in [6.45, 7) is 1.61. The van der Waals surface area contributed by atoms with Crippen LogP contribution in [0.1, 0.15) is 21.6 Å². The van der Waals surface area contributed by atoms with Crippen molar-refractivity contribution in [2.24, 2.45) is 0 Å². The molecular formula is C17H11ClF3N5O. The molecular weight excluding hydrogens is 383 g/mol. The van der Waals surface area contributed by atoms with Crippen LogP contribution in [0.25, 0.3) is 11.4 Å². The highest BCUT2D eigenvalue weighted by Crippen LogP contribution is 2.32. The Labute approximate surface area is 156 Å². The summed E-state index contributed by atoms with van der Waals surface area (Å²) in [6, 6.07) is 4.14. The SMILES string of the molecule is Cc1nc(-c2ccncc2)ncc1C(=O)Nc1ncc(C(F)(F)F)cc1Cl. The van der Waals surface area contributed by atoms with E-state index in [9.17, 15) is 18.0 Å². The first-order valence-electron chi connectivity index (χ1n) is 7.54. The van der Waals surface area contributed by atoms with Gasteiger partial charge in [-0.2, -0.15) is 13.2 Å². The molecule has 3 heterocycles. The van der Waals surface area contributed by atoms with Crippen molar-refractivity contribution in [3.8, 4) is 11.4 Å². The highest BCUT2D eigenvalue weighted by Gasteiger charge is 2.31. The first kappa shape index (κ1) is 18.7. The number of hydrogen-bond donors (Lipinski definition) is 1. The topological polar surface area (TPSA) is 80.7 Å². The number of anilines is 1. The first-order chi connectivity index (χ1) is 12.8. The molecule has 3 rings (SSSR count). The molecule has 3 aromatic rings. The lowest BCUT2D eigenvalue weighted by Crippen LogP contribution is -2.17. The van der Waals surface area contributed by atoms with Gasteiger partial charge in [-0.05, 0) is 25.1 Å². The molecule has 0 spiro atoms. The van der Waals surface area contributed by atoms with Gasteiger partial charge in [-0.15, -0.1) is 0 Å². The smallest absolute Gasteiger partial charge is 0.305 e. The van der Waals surface area contributed by atoms with E-state index in [2.05, 4.69) is 25.3 Å². The molecule has 6 nitrogen and oxygen atoms in total. The van der Waals surface area contributed by atoms with E-state index in [1.165, 1.54) is 6.20 Å². The number of rotatable bonds is 3. The van der Waals surface area contributed by atoms with Crippen LogP contribution in [0.15, 0.2) is 43.0 Å². The molecule has 10 heteroatoms. The number of carbonyl (C=O) groups excluding carboxylic acids is 1. The zero-order valence-electron chi connectivity index (χ0n) is 13.8. The summed E-state index contributed by atoms with van der Waals surface area (Å²) in [5, 5.41) is 2.04. The predicted molar refractivity (Wildman–Crippen MR) is 92.2 cm³/mol. The van der Waals surface area contributed by atoms with Crippen molar-refractivity contribution >= 4 is 23.3 Å². The van der Waals surface area contributed by atoms with E-state index >= 15 is 0 Å². The molecule has 0 aromatic carbocycles. The van der Waals surface area contributed by atoms with Gasteiger partial charge in [0.05, 0.1) is 21.8 Å². The second-order valence-corrected chi connectivity index (χ2v) is 5.84. The van der Waals surface area contributed by atoms with Crippen LogP contribution >= 0.6 is 11.6 Å².